The molecule has 1 fully saturated rings. The summed E-state index contributed by atoms with van der Waals surface area (Å²) in [6.07, 6.45) is 0. The van der Waals surface area contributed by atoms with Gasteiger partial charge in [0.15, 0.2) is 0 Å². The fourth-order valence-corrected chi connectivity index (χ4v) is 1.84. The van der Waals surface area contributed by atoms with Crippen molar-refractivity contribution in [1.82, 2.24) is 10.2 Å². The van der Waals surface area contributed by atoms with Crippen LogP contribution in [-0.4, -0.2) is 35.0 Å². The van der Waals surface area contributed by atoms with E-state index < -0.39 is 0 Å². The molecule has 2 N–H and O–H groups in total. The number of nitrogens with one attached hydrogen (secondary N) is 1. The van der Waals surface area contributed by atoms with Gasteiger partial charge in [0, 0.05) is 13.1 Å². The van der Waals surface area contributed by atoms with E-state index in [1.54, 1.807) is 6.07 Å². The lowest BCUT2D eigenvalue weighted by Crippen LogP contribution is -2.53. The van der Waals surface area contributed by atoms with Crippen molar-refractivity contribution < 1.29 is 14.3 Å². The third-order valence-corrected chi connectivity index (χ3v) is 2.86. The summed E-state index contributed by atoms with van der Waals surface area (Å²) >= 11 is 0. The van der Waals surface area contributed by atoms with Crippen LogP contribution in [0.3, 0.4) is 0 Å². The molecular weight excluding hydrogens is 208 g/mol. The highest BCUT2D eigenvalue weighted by molar-refractivity contribution is 5.81. The zero-order valence-corrected chi connectivity index (χ0v) is 9.27. The lowest BCUT2D eigenvalue weighted by molar-refractivity contribution is -0.128. The van der Waals surface area contributed by atoms with Crippen molar-refractivity contribution in [3.05, 3.63) is 23.7 Å². The Labute approximate surface area is 94.0 Å². The smallest absolute Gasteiger partial charge is 0.237 e. The second-order valence-corrected chi connectivity index (χ2v) is 3.96. The van der Waals surface area contributed by atoms with Crippen LogP contribution in [0.5, 0.6) is 0 Å². The molecule has 5 heteroatoms. The summed E-state index contributed by atoms with van der Waals surface area (Å²) in [5, 5.41) is 11.7. The van der Waals surface area contributed by atoms with Crippen LogP contribution in [0.4, 0.5) is 0 Å². The van der Waals surface area contributed by atoms with Crippen LogP contribution in [0.25, 0.3) is 0 Å². The van der Waals surface area contributed by atoms with Gasteiger partial charge in [-0.2, -0.15) is 0 Å². The number of hydrogen-bond donors (Lipinski definition) is 2. The molecule has 1 atom stereocenters. The van der Waals surface area contributed by atoms with Crippen LogP contribution < -0.4 is 5.32 Å². The average molecular weight is 224 g/mol. The van der Waals surface area contributed by atoms with Gasteiger partial charge in [-0.25, -0.2) is 0 Å². The topological polar surface area (TPSA) is 65.7 Å². The molecule has 1 aliphatic rings. The van der Waals surface area contributed by atoms with Gasteiger partial charge < -0.3 is 14.8 Å². The SMILES string of the molecule is CC1C(=O)NCCN1Cc1ccc(CO)o1. The molecule has 0 aromatic carbocycles. The minimum Gasteiger partial charge on any atom is -0.462 e. The molecule has 1 unspecified atom stereocenters. The average Bonchev–Trinajstić information content (AvgIpc) is 2.73. The van der Waals surface area contributed by atoms with E-state index in [4.69, 9.17) is 9.52 Å². The molecule has 0 bridgehead atoms. The fraction of sp³-hybridized carbons (Fsp3) is 0.545. The van der Waals surface area contributed by atoms with Gasteiger partial charge in [0.2, 0.25) is 5.91 Å². The van der Waals surface area contributed by atoms with E-state index in [2.05, 4.69) is 10.2 Å². The number of furan rings is 1. The molecular formula is C11H16N2O3. The van der Waals surface area contributed by atoms with Crippen LogP contribution in [-0.2, 0) is 17.9 Å². The molecule has 88 valence electrons. The van der Waals surface area contributed by atoms with E-state index in [-0.39, 0.29) is 18.6 Å². The number of hydrogen-bond acceptors (Lipinski definition) is 4. The zero-order chi connectivity index (χ0) is 11.5. The summed E-state index contributed by atoms with van der Waals surface area (Å²) in [6.45, 7) is 3.90. The lowest BCUT2D eigenvalue weighted by Gasteiger charge is -2.31. The van der Waals surface area contributed by atoms with E-state index >= 15 is 0 Å². The van der Waals surface area contributed by atoms with Gasteiger partial charge in [0.05, 0.1) is 12.6 Å². The Kier molecular flexibility index (Phi) is 3.26. The largest absolute Gasteiger partial charge is 0.462 e. The van der Waals surface area contributed by atoms with E-state index in [0.29, 0.717) is 18.8 Å². The monoisotopic (exact) mass is 224 g/mol. The second kappa shape index (κ2) is 4.67. The van der Waals surface area contributed by atoms with Crippen molar-refractivity contribution in [2.24, 2.45) is 0 Å². The molecule has 1 aromatic heterocycles. The molecule has 1 aromatic rings. The molecule has 0 saturated carbocycles. The number of carbonyl (C=O) groups excluding carboxylic acids is 1. The van der Waals surface area contributed by atoms with E-state index in [9.17, 15) is 4.79 Å². The summed E-state index contributed by atoms with van der Waals surface area (Å²) in [4.78, 5) is 13.5. The van der Waals surface area contributed by atoms with Gasteiger partial charge in [-0.1, -0.05) is 0 Å². The number of amides is 1. The van der Waals surface area contributed by atoms with E-state index in [1.807, 2.05) is 13.0 Å². The molecule has 0 radical (unpaired) electrons. The van der Waals surface area contributed by atoms with Crippen LogP contribution in [0.2, 0.25) is 0 Å². The number of piperazine rings is 1. The maximum Gasteiger partial charge on any atom is 0.237 e. The maximum atomic E-state index is 11.4. The Morgan fingerprint density at radius 2 is 2.31 bits per heavy atom. The third-order valence-electron chi connectivity index (χ3n) is 2.86. The number of carbonyl (C=O) groups is 1. The van der Waals surface area contributed by atoms with Crippen LogP contribution in [0.1, 0.15) is 18.4 Å². The Balaban J connectivity index is 2.00. The van der Waals surface area contributed by atoms with Gasteiger partial charge in [-0.3, -0.25) is 9.69 Å². The van der Waals surface area contributed by atoms with Crippen molar-refractivity contribution in [3.8, 4) is 0 Å². The Bertz CT molecular complexity index is 375. The molecule has 2 rings (SSSR count). The minimum atomic E-state index is -0.128. The van der Waals surface area contributed by atoms with Gasteiger partial charge >= 0.3 is 0 Å². The molecule has 5 nitrogen and oxygen atoms in total. The quantitative estimate of drug-likeness (QED) is 0.763. The predicted molar refractivity (Wildman–Crippen MR) is 57.5 cm³/mol. The summed E-state index contributed by atoms with van der Waals surface area (Å²) in [5.41, 5.74) is 0. The standard InChI is InChI=1S/C11H16N2O3/c1-8-11(15)12-4-5-13(8)6-9-2-3-10(7-14)16-9/h2-3,8,14H,4-7H2,1H3,(H,12,15). The highest BCUT2D eigenvalue weighted by Crippen LogP contribution is 2.13. The van der Waals surface area contributed by atoms with Crippen molar-refractivity contribution in [3.63, 3.8) is 0 Å². The van der Waals surface area contributed by atoms with Gasteiger partial charge in [-0.05, 0) is 19.1 Å². The van der Waals surface area contributed by atoms with Gasteiger partial charge in [0.25, 0.3) is 0 Å². The molecule has 1 amide bonds. The summed E-state index contributed by atoms with van der Waals surface area (Å²) in [5.74, 6) is 1.40. The van der Waals surface area contributed by atoms with Gasteiger partial charge in [0.1, 0.15) is 18.1 Å². The number of nitrogens with zero attached hydrogens (tertiary/aromatic N) is 1. The maximum absolute atomic E-state index is 11.4. The van der Waals surface area contributed by atoms with Crippen molar-refractivity contribution >= 4 is 5.91 Å². The molecule has 0 aliphatic carbocycles. The Morgan fingerprint density at radius 1 is 1.56 bits per heavy atom. The first-order chi connectivity index (χ1) is 7.70. The molecule has 2 heterocycles. The zero-order valence-electron chi connectivity index (χ0n) is 9.27. The highest BCUT2D eigenvalue weighted by Gasteiger charge is 2.25. The summed E-state index contributed by atoms with van der Waals surface area (Å²) in [7, 11) is 0. The molecule has 0 spiro atoms. The van der Waals surface area contributed by atoms with Crippen LogP contribution >= 0.6 is 0 Å². The summed E-state index contributed by atoms with van der Waals surface area (Å²) in [6, 6.07) is 3.46. The molecule has 16 heavy (non-hydrogen) atoms. The van der Waals surface area contributed by atoms with E-state index in [1.165, 1.54) is 0 Å². The fourth-order valence-electron chi connectivity index (χ4n) is 1.84. The van der Waals surface area contributed by atoms with Crippen molar-refractivity contribution in [1.29, 1.82) is 0 Å². The van der Waals surface area contributed by atoms with Gasteiger partial charge in [-0.15, -0.1) is 0 Å². The van der Waals surface area contributed by atoms with Crippen LogP contribution in [0, 0.1) is 0 Å². The molecule has 1 aliphatic heterocycles. The van der Waals surface area contributed by atoms with Crippen molar-refractivity contribution in [2.45, 2.75) is 26.1 Å². The molecule has 1 saturated heterocycles. The first-order valence-electron chi connectivity index (χ1n) is 5.41. The number of aliphatic hydroxyl groups is 1. The normalized spacial score (nSPS) is 22.1. The Morgan fingerprint density at radius 3 is 3.00 bits per heavy atom. The first kappa shape index (κ1) is 11.2. The minimum absolute atomic E-state index is 0.0557. The first-order valence-corrected chi connectivity index (χ1v) is 5.41. The number of rotatable bonds is 3. The highest BCUT2D eigenvalue weighted by atomic mass is 16.4. The Hall–Kier alpha value is -1.33. The van der Waals surface area contributed by atoms with Crippen molar-refractivity contribution in [2.75, 3.05) is 13.1 Å². The predicted octanol–water partition coefficient (Wildman–Crippen LogP) is 0.0922. The van der Waals surface area contributed by atoms with Crippen LogP contribution in [0.15, 0.2) is 16.5 Å². The third kappa shape index (κ3) is 2.25. The summed E-state index contributed by atoms with van der Waals surface area (Å²) < 4.78 is 5.40. The lowest BCUT2D eigenvalue weighted by atomic mass is 10.2. The number of aliphatic hydroxyl groups excluding tert-OH is 1. The second-order valence-electron chi connectivity index (χ2n) is 3.96. The van der Waals surface area contributed by atoms with E-state index in [0.717, 1.165) is 12.3 Å².